The summed E-state index contributed by atoms with van der Waals surface area (Å²) >= 11 is 3.37. The molecule has 0 aliphatic carbocycles. The van der Waals surface area contributed by atoms with Gasteiger partial charge in [-0.05, 0) is 12.0 Å². The largest absolute Gasteiger partial charge is 0.354 e. The quantitative estimate of drug-likeness (QED) is 0.826. The van der Waals surface area contributed by atoms with Crippen molar-refractivity contribution in [3.05, 3.63) is 35.9 Å². The highest BCUT2D eigenvalue weighted by atomic mass is 32.2. The van der Waals surface area contributed by atoms with Gasteiger partial charge in [-0.3, -0.25) is 14.9 Å². The van der Waals surface area contributed by atoms with Gasteiger partial charge in [0.1, 0.15) is 6.04 Å². The number of nitrogens with one attached hydrogen (secondary N) is 2. The first kappa shape index (κ1) is 16.7. The molecule has 7 heteroatoms. The Balaban J connectivity index is 1.50. The van der Waals surface area contributed by atoms with Gasteiger partial charge < -0.3 is 10.2 Å². The van der Waals surface area contributed by atoms with E-state index in [0.29, 0.717) is 18.2 Å². The molecule has 1 aromatic rings. The highest BCUT2D eigenvalue weighted by Crippen LogP contribution is 2.23. The Hall–Kier alpha value is -1.18. The molecule has 2 amide bonds. The Morgan fingerprint density at radius 1 is 1.22 bits per heavy atom. The summed E-state index contributed by atoms with van der Waals surface area (Å²) in [4.78, 5) is 26.7. The molecule has 2 heterocycles. The van der Waals surface area contributed by atoms with Crippen LogP contribution in [0, 0.1) is 0 Å². The minimum Gasteiger partial charge on any atom is -0.354 e. The van der Waals surface area contributed by atoms with Crippen LogP contribution >= 0.6 is 23.5 Å². The van der Waals surface area contributed by atoms with Crippen LogP contribution in [0.1, 0.15) is 5.56 Å². The average Bonchev–Trinajstić information content (AvgIpc) is 3.27. The third kappa shape index (κ3) is 4.22. The van der Waals surface area contributed by atoms with Crippen molar-refractivity contribution in [2.75, 3.05) is 29.8 Å². The first-order valence-electron chi connectivity index (χ1n) is 7.76. The normalized spacial score (nSPS) is 23.9. The third-order valence-corrected chi connectivity index (χ3v) is 5.99. The summed E-state index contributed by atoms with van der Waals surface area (Å²) in [5, 5.41) is 6.16. The molecule has 0 bridgehead atoms. The smallest absolute Gasteiger partial charge is 0.243 e. The van der Waals surface area contributed by atoms with Crippen molar-refractivity contribution < 1.29 is 9.59 Å². The van der Waals surface area contributed by atoms with Crippen LogP contribution < -0.4 is 10.6 Å². The minimum atomic E-state index is -0.337. The molecule has 0 saturated carbocycles. The van der Waals surface area contributed by atoms with Crippen LogP contribution in [0.15, 0.2) is 30.3 Å². The summed E-state index contributed by atoms with van der Waals surface area (Å²) in [7, 11) is 0. The van der Waals surface area contributed by atoms with Gasteiger partial charge in [-0.2, -0.15) is 0 Å². The number of rotatable bonds is 5. The number of carbonyl (C=O) groups excluding carboxylic acids is 2. The maximum atomic E-state index is 12.5. The molecule has 0 spiro atoms. The molecule has 124 valence electrons. The summed E-state index contributed by atoms with van der Waals surface area (Å²) in [6.07, 6.45) is 0.807. The van der Waals surface area contributed by atoms with E-state index < -0.39 is 0 Å². The molecule has 3 rings (SSSR count). The molecule has 23 heavy (non-hydrogen) atoms. The number of hydrogen-bond donors (Lipinski definition) is 2. The van der Waals surface area contributed by atoms with E-state index in [-0.39, 0.29) is 23.9 Å². The Morgan fingerprint density at radius 2 is 2.04 bits per heavy atom. The van der Waals surface area contributed by atoms with Crippen molar-refractivity contribution in [2.45, 2.75) is 18.5 Å². The second-order valence-electron chi connectivity index (χ2n) is 5.62. The van der Waals surface area contributed by atoms with E-state index in [2.05, 4.69) is 22.8 Å². The second kappa shape index (κ2) is 8.08. The maximum absolute atomic E-state index is 12.5. The molecule has 2 atom stereocenters. The molecule has 5 nitrogen and oxygen atoms in total. The Morgan fingerprint density at radius 3 is 2.78 bits per heavy atom. The van der Waals surface area contributed by atoms with E-state index in [4.69, 9.17) is 0 Å². The zero-order chi connectivity index (χ0) is 16.1. The van der Waals surface area contributed by atoms with Gasteiger partial charge in [-0.25, -0.2) is 0 Å². The first-order chi connectivity index (χ1) is 11.3. The average molecular weight is 351 g/mol. The monoisotopic (exact) mass is 351 g/mol. The van der Waals surface area contributed by atoms with Crippen molar-refractivity contribution >= 4 is 35.3 Å². The number of thioether (sulfide) groups is 2. The van der Waals surface area contributed by atoms with Gasteiger partial charge in [0.15, 0.2) is 0 Å². The fourth-order valence-electron chi connectivity index (χ4n) is 2.72. The maximum Gasteiger partial charge on any atom is 0.243 e. The molecule has 0 aromatic heterocycles. The lowest BCUT2D eigenvalue weighted by Gasteiger charge is -2.25. The fraction of sp³-hybridized carbons (Fsp3) is 0.500. The molecule has 2 N–H and O–H groups in total. The van der Waals surface area contributed by atoms with E-state index in [1.54, 1.807) is 28.4 Å². The summed E-state index contributed by atoms with van der Waals surface area (Å²) in [5.41, 5.74) is 1.20. The lowest BCUT2D eigenvalue weighted by Crippen LogP contribution is -2.52. The predicted molar refractivity (Wildman–Crippen MR) is 95.4 cm³/mol. The highest BCUT2D eigenvalue weighted by Gasteiger charge is 2.38. The van der Waals surface area contributed by atoms with Crippen LogP contribution in [-0.2, 0) is 16.0 Å². The van der Waals surface area contributed by atoms with Crippen molar-refractivity contribution in [3.8, 4) is 0 Å². The van der Waals surface area contributed by atoms with Crippen LogP contribution in [-0.4, -0.2) is 58.6 Å². The van der Waals surface area contributed by atoms with Gasteiger partial charge in [0, 0.05) is 23.9 Å². The zero-order valence-electron chi connectivity index (χ0n) is 12.9. The van der Waals surface area contributed by atoms with Crippen LogP contribution in [0.2, 0.25) is 0 Å². The van der Waals surface area contributed by atoms with Crippen molar-refractivity contribution in [3.63, 3.8) is 0 Å². The molecular formula is C16H21N3O2S2. The van der Waals surface area contributed by atoms with Crippen LogP contribution in [0.3, 0.4) is 0 Å². The molecule has 1 aromatic carbocycles. The Labute approximate surface area is 144 Å². The van der Waals surface area contributed by atoms with E-state index in [1.807, 2.05) is 18.2 Å². The first-order valence-corrected chi connectivity index (χ1v) is 10.1. The van der Waals surface area contributed by atoms with Crippen LogP contribution in [0.5, 0.6) is 0 Å². The van der Waals surface area contributed by atoms with Crippen molar-refractivity contribution in [1.29, 1.82) is 0 Å². The number of nitrogens with zero attached hydrogens (tertiary/aromatic N) is 1. The van der Waals surface area contributed by atoms with Gasteiger partial charge in [-0.1, -0.05) is 30.3 Å². The predicted octanol–water partition coefficient (Wildman–Crippen LogP) is 0.909. The topological polar surface area (TPSA) is 61.4 Å². The molecule has 0 unspecified atom stereocenters. The number of carbonyl (C=O) groups is 2. The van der Waals surface area contributed by atoms with Crippen molar-refractivity contribution in [1.82, 2.24) is 15.5 Å². The lowest BCUT2D eigenvalue weighted by molar-refractivity contribution is -0.139. The minimum absolute atomic E-state index is 0.0371. The Kier molecular flexibility index (Phi) is 5.85. The van der Waals surface area contributed by atoms with Gasteiger partial charge in [0.2, 0.25) is 11.8 Å². The van der Waals surface area contributed by atoms with Crippen molar-refractivity contribution in [2.24, 2.45) is 0 Å². The second-order valence-corrected chi connectivity index (χ2v) is 7.65. The Bertz CT molecular complexity index is 550. The highest BCUT2D eigenvalue weighted by molar-refractivity contribution is 7.99. The molecule has 2 aliphatic heterocycles. The molecule has 2 fully saturated rings. The molecule has 2 aliphatic rings. The third-order valence-electron chi connectivity index (χ3n) is 4.04. The zero-order valence-corrected chi connectivity index (χ0v) is 14.5. The summed E-state index contributed by atoms with van der Waals surface area (Å²) in [5.74, 6) is 2.92. The molecule has 2 saturated heterocycles. The number of benzene rings is 1. The van der Waals surface area contributed by atoms with E-state index in [0.717, 1.165) is 18.1 Å². The molecular weight excluding hydrogens is 330 g/mol. The SMILES string of the molecule is O=C(NCCc1ccccc1)[C@@H]1CSCN1C(=O)[C@@H]1CSCN1. The fourth-order valence-corrected chi connectivity index (χ4v) is 4.82. The summed E-state index contributed by atoms with van der Waals surface area (Å²) < 4.78 is 0. The van der Waals surface area contributed by atoms with E-state index >= 15 is 0 Å². The number of amides is 2. The summed E-state index contributed by atoms with van der Waals surface area (Å²) in [6, 6.07) is 9.61. The molecule has 0 radical (unpaired) electrons. The summed E-state index contributed by atoms with van der Waals surface area (Å²) in [6.45, 7) is 0.601. The van der Waals surface area contributed by atoms with Crippen LogP contribution in [0.4, 0.5) is 0 Å². The van der Waals surface area contributed by atoms with Gasteiger partial charge in [-0.15, -0.1) is 23.5 Å². The van der Waals surface area contributed by atoms with E-state index in [9.17, 15) is 9.59 Å². The van der Waals surface area contributed by atoms with Gasteiger partial charge in [0.05, 0.1) is 11.9 Å². The van der Waals surface area contributed by atoms with Gasteiger partial charge in [0.25, 0.3) is 0 Å². The number of hydrogen-bond acceptors (Lipinski definition) is 5. The van der Waals surface area contributed by atoms with E-state index in [1.165, 1.54) is 5.56 Å². The van der Waals surface area contributed by atoms with Gasteiger partial charge >= 0.3 is 0 Å². The van der Waals surface area contributed by atoms with Crippen LogP contribution in [0.25, 0.3) is 0 Å². The standard InChI is InChI=1S/C16H21N3O2S2/c20-15(17-7-6-12-4-2-1-3-5-12)14-9-23-11-19(14)16(21)13-8-22-10-18-13/h1-5,13-14,18H,6-11H2,(H,17,20)/t13-,14-/m0/s1. The lowest BCUT2D eigenvalue weighted by atomic mass is 10.1.